The molecule has 112 valence electrons. The van der Waals surface area contributed by atoms with Crippen LogP contribution in [0.3, 0.4) is 0 Å². The molecule has 0 radical (unpaired) electrons. The van der Waals surface area contributed by atoms with Crippen molar-refractivity contribution in [2.45, 2.75) is 32.9 Å². The van der Waals surface area contributed by atoms with Gasteiger partial charge in [-0.1, -0.05) is 12.1 Å². The number of esters is 1. The number of carbonyl (C=O) groups is 1. The zero-order valence-electron chi connectivity index (χ0n) is 12.2. The minimum atomic E-state index is -0.837. The number of anilines is 1. The van der Waals surface area contributed by atoms with Gasteiger partial charge in [0.1, 0.15) is 0 Å². The maximum Gasteiger partial charge on any atom is 0.360 e. The van der Waals surface area contributed by atoms with Gasteiger partial charge < -0.3 is 15.0 Å². The van der Waals surface area contributed by atoms with Crippen molar-refractivity contribution in [3.8, 4) is 0 Å². The molecule has 0 saturated heterocycles. The second-order valence-corrected chi connectivity index (χ2v) is 5.09. The molecule has 21 heavy (non-hydrogen) atoms. The van der Waals surface area contributed by atoms with Gasteiger partial charge in [-0.05, 0) is 38.5 Å². The Labute approximate surface area is 122 Å². The molecule has 6 heteroatoms. The van der Waals surface area contributed by atoms with Gasteiger partial charge in [-0.2, -0.15) is 4.39 Å². The number of carbonyl (C=O) groups excluding carboxylic acids is 1. The van der Waals surface area contributed by atoms with Gasteiger partial charge in [-0.3, -0.25) is 0 Å². The number of nitrogens with two attached hydrogens (primary N) is 1. The summed E-state index contributed by atoms with van der Waals surface area (Å²) in [6, 6.07) is 6.91. The summed E-state index contributed by atoms with van der Waals surface area (Å²) >= 11 is 0. The molecular formula is C15H18FN3O2. The van der Waals surface area contributed by atoms with E-state index in [0.717, 1.165) is 5.56 Å². The lowest BCUT2D eigenvalue weighted by Gasteiger charge is -2.17. The van der Waals surface area contributed by atoms with Gasteiger partial charge in [0.15, 0.2) is 5.69 Å². The number of nitrogen functional groups attached to an aromatic ring is 1. The van der Waals surface area contributed by atoms with Crippen LogP contribution >= 0.6 is 0 Å². The highest BCUT2D eigenvalue weighted by Gasteiger charge is 2.24. The molecule has 0 bridgehead atoms. The largest absolute Gasteiger partial charge is 0.458 e. The van der Waals surface area contributed by atoms with Crippen molar-refractivity contribution in [2.75, 3.05) is 5.73 Å². The van der Waals surface area contributed by atoms with Gasteiger partial charge in [0.05, 0.1) is 18.5 Å². The molecular weight excluding hydrogens is 273 g/mol. The predicted octanol–water partition coefficient (Wildman–Crippen LogP) is 2.78. The van der Waals surface area contributed by atoms with Crippen molar-refractivity contribution in [3.05, 3.63) is 47.8 Å². The van der Waals surface area contributed by atoms with E-state index < -0.39 is 11.9 Å². The molecule has 0 unspecified atom stereocenters. The Morgan fingerprint density at radius 2 is 2.10 bits per heavy atom. The molecule has 2 rings (SSSR count). The highest BCUT2D eigenvalue weighted by Crippen LogP contribution is 2.23. The third kappa shape index (κ3) is 3.21. The second-order valence-electron chi connectivity index (χ2n) is 5.09. The third-order valence-electron chi connectivity index (χ3n) is 3.10. The van der Waals surface area contributed by atoms with E-state index in [0.29, 0.717) is 5.69 Å². The fraction of sp³-hybridized carbons (Fsp3) is 0.333. The van der Waals surface area contributed by atoms with Crippen LogP contribution in [0.5, 0.6) is 0 Å². The summed E-state index contributed by atoms with van der Waals surface area (Å²) in [6.07, 6.45) is 0.961. The van der Waals surface area contributed by atoms with Crippen molar-refractivity contribution in [1.29, 1.82) is 0 Å². The standard InChI is InChI=1S/C15H18FN3O2/c1-9(2)21-15(20)13-14(16)18-8-19(13)10(3)11-5-4-6-12(17)7-11/h4-10H,17H2,1-3H3/t10-/m1/s1. The second kappa shape index (κ2) is 5.95. The first-order valence-electron chi connectivity index (χ1n) is 6.69. The topological polar surface area (TPSA) is 70.1 Å². The van der Waals surface area contributed by atoms with Crippen molar-refractivity contribution in [3.63, 3.8) is 0 Å². The zero-order chi connectivity index (χ0) is 15.6. The van der Waals surface area contributed by atoms with Crippen LogP contribution in [0.1, 0.15) is 42.9 Å². The van der Waals surface area contributed by atoms with Crippen LogP contribution in [-0.2, 0) is 4.74 Å². The molecule has 1 aromatic carbocycles. The normalized spacial score (nSPS) is 12.4. The predicted molar refractivity (Wildman–Crippen MR) is 77.4 cm³/mol. The number of imidazole rings is 1. The summed E-state index contributed by atoms with van der Waals surface area (Å²) in [5.41, 5.74) is 7.03. The third-order valence-corrected chi connectivity index (χ3v) is 3.10. The van der Waals surface area contributed by atoms with Gasteiger partial charge in [-0.25, -0.2) is 9.78 Å². The number of benzene rings is 1. The molecule has 0 spiro atoms. The molecule has 0 aliphatic rings. The molecule has 1 heterocycles. The molecule has 0 fully saturated rings. The van der Waals surface area contributed by atoms with Crippen LogP contribution < -0.4 is 5.73 Å². The smallest absolute Gasteiger partial charge is 0.360 e. The van der Waals surface area contributed by atoms with E-state index in [9.17, 15) is 9.18 Å². The van der Waals surface area contributed by atoms with E-state index in [4.69, 9.17) is 10.5 Å². The molecule has 0 saturated carbocycles. The van der Waals surface area contributed by atoms with Crippen LogP contribution in [0.4, 0.5) is 10.1 Å². The van der Waals surface area contributed by atoms with Crippen molar-refractivity contribution in [2.24, 2.45) is 0 Å². The van der Waals surface area contributed by atoms with E-state index in [-0.39, 0.29) is 17.8 Å². The number of aromatic nitrogens is 2. The van der Waals surface area contributed by atoms with Gasteiger partial charge in [0, 0.05) is 5.69 Å². The lowest BCUT2D eigenvalue weighted by molar-refractivity contribution is 0.0358. The average Bonchev–Trinajstić information content (AvgIpc) is 2.79. The van der Waals surface area contributed by atoms with E-state index in [1.54, 1.807) is 32.0 Å². The average molecular weight is 291 g/mol. The Kier molecular flexibility index (Phi) is 4.26. The maximum absolute atomic E-state index is 13.8. The molecule has 0 aliphatic heterocycles. The van der Waals surface area contributed by atoms with E-state index in [1.807, 2.05) is 13.0 Å². The fourth-order valence-electron chi connectivity index (χ4n) is 2.07. The highest BCUT2D eigenvalue weighted by atomic mass is 19.1. The van der Waals surface area contributed by atoms with Crippen LogP contribution in [0.25, 0.3) is 0 Å². The van der Waals surface area contributed by atoms with Gasteiger partial charge in [0.25, 0.3) is 0 Å². The quantitative estimate of drug-likeness (QED) is 0.694. The Morgan fingerprint density at radius 3 is 2.71 bits per heavy atom. The molecule has 2 aromatic rings. The summed E-state index contributed by atoms with van der Waals surface area (Å²) in [4.78, 5) is 15.6. The summed E-state index contributed by atoms with van der Waals surface area (Å²) in [5.74, 6) is -1.56. The van der Waals surface area contributed by atoms with Crippen LogP contribution in [0.2, 0.25) is 0 Å². The summed E-state index contributed by atoms with van der Waals surface area (Å²) < 4.78 is 20.3. The van der Waals surface area contributed by atoms with Crippen LogP contribution in [-0.4, -0.2) is 21.6 Å². The Bertz CT molecular complexity index is 652. The van der Waals surface area contributed by atoms with Gasteiger partial charge >= 0.3 is 5.97 Å². The first kappa shape index (κ1) is 15.0. The molecule has 5 nitrogen and oxygen atoms in total. The van der Waals surface area contributed by atoms with Gasteiger partial charge in [0.2, 0.25) is 5.95 Å². The molecule has 0 aliphatic carbocycles. The van der Waals surface area contributed by atoms with Crippen molar-refractivity contribution >= 4 is 11.7 Å². The first-order valence-corrected chi connectivity index (χ1v) is 6.69. The summed E-state index contributed by atoms with van der Waals surface area (Å²) in [5, 5.41) is 0. The van der Waals surface area contributed by atoms with Crippen molar-refractivity contribution in [1.82, 2.24) is 9.55 Å². The Morgan fingerprint density at radius 1 is 1.38 bits per heavy atom. The van der Waals surface area contributed by atoms with Crippen LogP contribution in [0, 0.1) is 5.95 Å². The minimum absolute atomic E-state index is 0.182. The fourth-order valence-corrected chi connectivity index (χ4v) is 2.07. The Balaban J connectivity index is 2.38. The van der Waals surface area contributed by atoms with Crippen LogP contribution in [0.15, 0.2) is 30.6 Å². The molecule has 1 atom stereocenters. The number of hydrogen-bond acceptors (Lipinski definition) is 4. The zero-order valence-corrected chi connectivity index (χ0v) is 12.2. The Hall–Kier alpha value is -2.37. The van der Waals surface area contributed by atoms with E-state index >= 15 is 0 Å². The lowest BCUT2D eigenvalue weighted by Crippen LogP contribution is -2.19. The van der Waals surface area contributed by atoms with E-state index in [2.05, 4.69) is 4.98 Å². The van der Waals surface area contributed by atoms with Gasteiger partial charge in [-0.15, -0.1) is 0 Å². The molecule has 1 aromatic heterocycles. The number of nitrogens with zero attached hydrogens (tertiary/aromatic N) is 2. The van der Waals surface area contributed by atoms with E-state index in [1.165, 1.54) is 10.9 Å². The number of rotatable bonds is 4. The minimum Gasteiger partial charge on any atom is -0.458 e. The number of halogens is 1. The summed E-state index contributed by atoms with van der Waals surface area (Å²) in [6.45, 7) is 5.25. The van der Waals surface area contributed by atoms with Crippen molar-refractivity contribution < 1.29 is 13.9 Å². The molecule has 2 N–H and O–H groups in total. The monoisotopic (exact) mass is 291 g/mol. The first-order chi connectivity index (χ1) is 9.90. The number of ether oxygens (including phenoxy) is 1. The SMILES string of the molecule is CC(C)OC(=O)c1c(F)ncn1[C@H](C)c1cccc(N)c1. The highest BCUT2D eigenvalue weighted by molar-refractivity contribution is 5.87. The molecule has 0 amide bonds. The summed E-state index contributed by atoms with van der Waals surface area (Å²) in [7, 11) is 0. The lowest BCUT2D eigenvalue weighted by atomic mass is 10.1. The maximum atomic E-state index is 13.8. The number of hydrogen-bond donors (Lipinski definition) is 1.